The molecule has 0 aromatic carbocycles. The number of halogens is 3. The fourth-order valence-corrected chi connectivity index (χ4v) is 4.17. The molecule has 3 rings (SSSR count). The summed E-state index contributed by atoms with van der Waals surface area (Å²) in [6.45, 7) is 6.24. The van der Waals surface area contributed by atoms with Gasteiger partial charge in [0.05, 0.1) is 10.7 Å². The lowest BCUT2D eigenvalue weighted by atomic mass is 9.91. The molecule has 10 heteroatoms. The molecule has 1 saturated heterocycles. The van der Waals surface area contributed by atoms with Crippen molar-refractivity contribution in [3.63, 3.8) is 0 Å². The summed E-state index contributed by atoms with van der Waals surface area (Å²) in [5.41, 5.74) is 0.219. The van der Waals surface area contributed by atoms with Crippen LogP contribution in [0, 0.1) is 13.8 Å². The van der Waals surface area contributed by atoms with Crippen LogP contribution >= 0.6 is 11.3 Å². The minimum absolute atomic E-state index is 0.128. The number of aryl methyl sites for hydroxylation is 2. The van der Waals surface area contributed by atoms with E-state index >= 15 is 0 Å². The highest BCUT2D eigenvalue weighted by Gasteiger charge is 2.42. The van der Waals surface area contributed by atoms with Gasteiger partial charge in [0, 0.05) is 31.6 Å². The number of nitrogens with zero attached hydrogens (tertiary/aromatic N) is 4. The van der Waals surface area contributed by atoms with Gasteiger partial charge in [0.1, 0.15) is 12.0 Å². The molecule has 0 aliphatic carbocycles. The van der Waals surface area contributed by atoms with Crippen LogP contribution in [0.2, 0.25) is 0 Å². The van der Waals surface area contributed by atoms with Gasteiger partial charge in [-0.2, -0.15) is 18.2 Å². The molecule has 2 aromatic heterocycles. The third-order valence-electron chi connectivity index (χ3n) is 4.64. The van der Waals surface area contributed by atoms with Gasteiger partial charge in [-0.15, -0.1) is 11.3 Å². The Morgan fingerprint density at radius 2 is 1.92 bits per heavy atom. The standard InChI is InChI=1S/C16H21F3N4O2S/c1-10-12(26-11(2)20-10)9-23-6-4-15(24-3,5-7-23)14-21-13(22-25-14)8-16(17,18)19/h4-9H2,1-3H3. The number of ether oxygens (including phenoxy) is 1. The van der Waals surface area contributed by atoms with E-state index in [9.17, 15) is 13.2 Å². The number of hydrogen-bond donors (Lipinski definition) is 0. The number of piperidine rings is 1. The summed E-state index contributed by atoms with van der Waals surface area (Å²) in [4.78, 5) is 11.9. The average Bonchev–Trinajstić information content (AvgIpc) is 3.14. The fourth-order valence-electron chi connectivity index (χ4n) is 3.19. The Balaban J connectivity index is 1.66. The second-order valence-corrected chi connectivity index (χ2v) is 7.81. The SMILES string of the molecule is COC1(c2nc(CC(F)(F)F)no2)CCN(Cc2sc(C)nc2C)CC1. The molecule has 6 nitrogen and oxygen atoms in total. The lowest BCUT2D eigenvalue weighted by molar-refractivity contribution is -0.128. The van der Waals surface area contributed by atoms with Crippen LogP contribution in [-0.4, -0.2) is 46.4 Å². The van der Waals surface area contributed by atoms with Crippen molar-refractivity contribution in [1.29, 1.82) is 0 Å². The fraction of sp³-hybridized carbons (Fsp3) is 0.688. The van der Waals surface area contributed by atoms with Crippen LogP contribution < -0.4 is 0 Å². The number of methoxy groups -OCH3 is 1. The summed E-state index contributed by atoms with van der Waals surface area (Å²) in [5.74, 6) is -0.231. The lowest BCUT2D eigenvalue weighted by Gasteiger charge is -2.38. The molecular formula is C16H21F3N4O2S. The first-order valence-electron chi connectivity index (χ1n) is 8.31. The van der Waals surface area contributed by atoms with Gasteiger partial charge in [0.25, 0.3) is 5.89 Å². The molecule has 3 heterocycles. The zero-order chi connectivity index (χ0) is 18.9. The smallest absolute Gasteiger partial charge is 0.368 e. The molecular weight excluding hydrogens is 369 g/mol. The van der Waals surface area contributed by atoms with Gasteiger partial charge in [-0.05, 0) is 26.7 Å². The highest BCUT2D eigenvalue weighted by molar-refractivity contribution is 7.11. The van der Waals surface area contributed by atoms with Crippen molar-refractivity contribution in [2.75, 3.05) is 20.2 Å². The van der Waals surface area contributed by atoms with Crippen LogP contribution in [0.15, 0.2) is 4.52 Å². The number of rotatable bonds is 5. The van der Waals surface area contributed by atoms with Crippen molar-refractivity contribution in [3.05, 3.63) is 27.3 Å². The maximum absolute atomic E-state index is 12.5. The van der Waals surface area contributed by atoms with E-state index in [1.54, 1.807) is 11.3 Å². The van der Waals surface area contributed by atoms with E-state index in [-0.39, 0.29) is 11.7 Å². The quantitative estimate of drug-likeness (QED) is 0.780. The summed E-state index contributed by atoms with van der Waals surface area (Å²) in [7, 11) is 1.53. The van der Waals surface area contributed by atoms with Crippen molar-refractivity contribution in [2.45, 2.75) is 51.4 Å². The van der Waals surface area contributed by atoms with Gasteiger partial charge in [0.15, 0.2) is 5.82 Å². The minimum atomic E-state index is -4.37. The zero-order valence-electron chi connectivity index (χ0n) is 14.9. The molecule has 144 valence electrons. The first kappa shape index (κ1) is 19.2. The van der Waals surface area contributed by atoms with Crippen LogP contribution in [0.1, 0.15) is 40.1 Å². The number of hydrogen-bond acceptors (Lipinski definition) is 7. The van der Waals surface area contributed by atoms with E-state index < -0.39 is 18.2 Å². The highest BCUT2D eigenvalue weighted by atomic mass is 32.1. The summed E-state index contributed by atoms with van der Waals surface area (Å²) in [6.07, 6.45) is -4.41. The predicted molar refractivity (Wildman–Crippen MR) is 88.8 cm³/mol. The van der Waals surface area contributed by atoms with Gasteiger partial charge in [-0.3, -0.25) is 4.90 Å². The van der Waals surface area contributed by atoms with Crippen molar-refractivity contribution in [2.24, 2.45) is 0 Å². The molecule has 0 amide bonds. The molecule has 0 radical (unpaired) electrons. The van der Waals surface area contributed by atoms with E-state index in [0.29, 0.717) is 12.8 Å². The van der Waals surface area contributed by atoms with Gasteiger partial charge in [0.2, 0.25) is 0 Å². The van der Waals surface area contributed by atoms with E-state index in [1.807, 2.05) is 13.8 Å². The second-order valence-electron chi connectivity index (χ2n) is 6.52. The lowest BCUT2D eigenvalue weighted by Crippen LogP contribution is -2.43. The Morgan fingerprint density at radius 3 is 2.46 bits per heavy atom. The maximum Gasteiger partial charge on any atom is 0.396 e. The normalized spacial score (nSPS) is 18.4. The Hall–Kier alpha value is -1.52. The van der Waals surface area contributed by atoms with Gasteiger partial charge >= 0.3 is 6.18 Å². The molecule has 1 aliphatic heterocycles. The van der Waals surface area contributed by atoms with E-state index in [2.05, 4.69) is 20.0 Å². The number of alkyl halides is 3. The molecule has 1 aliphatic rings. The van der Waals surface area contributed by atoms with Gasteiger partial charge < -0.3 is 9.26 Å². The Labute approximate surface area is 153 Å². The largest absolute Gasteiger partial charge is 0.396 e. The molecule has 0 bridgehead atoms. The van der Waals surface area contributed by atoms with E-state index in [0.717, 1.165) is 30.3 Å². The van der Waals surface area contributed by atoms with Crippen molar-refractivity contribution in [3.8, 4) is 0 Å². The van der Waals surface area contributed by atoms with Crippen molar-refractivity contribution < 1.29 is 22.4 Å². The van der Waals surface area contributed by atoms with Crippen molar-refractivity contribution >= 4 is 11.3 Å². The molecule has 0 N–H and O–H groups in total. The molecule has 1 fully saturated rings. The van der Waals surface area contributed by atoms with Crippen LogP contribution in [0.25, 0.3) is 0 Å². The molecule has 26 heavy (non-hydrogen) atoms. The van der Waals surface area contributed by atoms with Crippen molar-refractivity contribution in [1.82, 2.24) is 20.0 Å². The van der Waals surface area contributed by atoms with Crippen LogP contribution in [0.5, 0.6) is 0 Å². The summed E-state index contributed by atoms with van der Waals surface area (Å²) in [5, 5.41) is 4.51. The predicted octanol–water partition coefficient (Wildman–Crippen LogP) is 3.39. The molecule has 0 atom stereocenters. The van der Waals surface area contributed by atoms with Gasteiger partial charge in [-0.25, -0.2) is 4.98 Å². The van der Waals surface area contributed by atoms with Crippen LogP contribution in [0.4, 0.5) is 13.2 Å². The number of thiazole rings is 1. The maximum atomic E-state index is 12.5. The Kier molecular flexibility index (Phi) is 5.36. The molecule has 0 spiro atoms. The summed E-state index contributed by atoms with van der Waals surface area (Å²) >= 11 is 1.69. The third kappa shape index (κ3) is 4.24. The third-order valence-corrected chi connectivity index (χ3v) is 5.70. The molecule has 0 unspecified atom stereocenters. The topological polar surface area (TPSA) is 64.3 Å². The number of aromatic nitrogens is 3. The van der Waals surface area contributed by atoms with E-state index in [4.69, 9.17) is 9.26 Å². The first-order chi connectivity index (χ1) is 12.2. The number of likely N-dealkylation sites (tertiary alicyclic amines) is 1. The van der Waals surface area contributed by atoms with Crippen LogP contribution in [-0.2, 0) is 23.3 Å². The van der Waals surface area contributed by atoms with Crippen LogP contribution in [0.3, 0.4) is 0 Å². The Bertz CT molecular complexity index is 751. The highest BCUT2D eigenvalue weighted by Crippen LogP contribution is 2.36. The summed E-state index contributed by atoms with van der Waals surface area (Å²) in [6, 6.07) is 0. The molecule has 2 aromatic rings. The van der Waals surface area contributed by atoms with Gasteiger partial charge in [-0.1, -0.05) is 5.16 Å². The average molecular weight is 390 g/mol. The zero-order valence-corrected chi connectivity index (χ0v) is 15.7. The first-order valence-corrected chi connectivity index (χ1v) is 9.13. The molecule has 0 saturated carbocycles. The van der Waals surface area contributed by atoms with E-state index in [1.165, 1.54) is 12.0 Å². The minimum Gasteiger partial charge on any atom is -0.368 e. The second kappa shape index (κ2) is 7.24. The Morgan fingerprint density at radius 1 is 1.23 bits per heavy atom. The summed E-state index contributed by atoms with van der Waals surface area (Å²) < 4.78 is 48.2. The monoisotopic (exact) mass is 390 g/mol.